The molecule has 2 aliphatic heterocycles. The van der Waals surface area contributed by atoms with Gasteiger partial charge in [-0.05, 0) is 44.0 Å². The molecule has 0 aromatic heterocycles. The summed E-state index contributed by atoms with van der Waals surface area (Å²) >= 11 is 0. The van der Waals surface area contributed by atoms with E-state index in [0.717, 1.165) is 18.4 Å². The molecule has 0 radical (unpaired) electrons. The summed E-state index contributed by atoms with van der Waals surface area (Å²) in [6, 6.07) is 12.9. The van der Waals surface area contributed by atoms with E-state index in [4.69, 9.17) is 14.2 Å². The number of likely N-dealkylation sites (tertiary alicyclic amines) is 1. The maximum Gasteiger partial charge on any atom is 0.268 e. The van der Waals surface area contributed by atoms with E-state index >= 15 is 0 Å². The quantitative estimate of drug-likeness (QED) is 0.757. The van der Waals surface area contributed by atoms with Crippen LogP contribution in [0.5, 0.6) is 17.2 Å². The zero-order valence-electron chi connectivity index (χ0n) is 17.5. The van der Waals surface area contributed by atoms with Gasteiger partial charge in [0.15, 0.2) is 6.10 Å². The molecule has 0 N–H and O–H groups in total. The molecule has 0 unspecified atom stereocenters. The summed E-state index contributed by atoms with van der Waals surface area (Å²) < 4.78 is 16.5. The van der Waals surface area contributed by atoms with Crippen LogP contribution < -0.4 is 19.1 Å². The molecule has 7 nitrogen and oxygen atoms in total. The van der Waals surface area contributed by atoms with Crippen molar-refractivity contribution in [3.8, 4) is 17.2 Å². The van der Waals surface area contributed by atoms with Gasteiger partial charge in [-0.2, -0.15) is 0 Å². The van der Waals surface area contributed by atoms with E-state index in [9.17, 15) is 9.59 Å². The van der Waals surface area contributed by atoms with E-state index in [2.05, 4.69) is 0 Å². The molecule has 2 atom stereocenters. The number of anilines is 1. The van der Waals surface area contributed by atoms with Crippen molar-refractivity contribution in [2.45, 2.75) is 31.9 Å². The minimum Gasteiger partial charge on any atom is -0.497 e. The molecule has 4 rings (SSSR count). The van der Waals surface area contributed by atoms with Gasteiger partial charge in [0.25, 0.3) is 5.91 Å². The van der Waals surface area contributed by atoms with Crippen LogP contribution in [-0.4, -0.2) is 50.1 Å². The highest BCUT2D eigenvalue weighted by atomic mass is 16.5. The van der Waals surface area contributed by atoms with Crippen LogP contribution >= 0.6 is 0 Å². The molecule has 0 aliphatic carbocycles. The van der Waals surface area contributed by atoms with Crippen molar-refractivity contribution < 1.29 is 23.8 Å². The van der Waals surface area contributed by atoms with Gasteiger partial charge in [-0.15, -0.1) is 0 Å². The summed E-state index contributed by atoms with van der Waals surface area (Å²) in [6.45, 7) is 2.34. The Morgan fingerprint density at radius 2 is 1.97 bits per heavy atom. The van der Waals surface area contributed by atoms with Crippen molar-refractivity contribution in [1.29, 1.82) is 0 Å². The van der Waals surface area contributed by atoms with E-state index in [1.165, 1.54) is 4.90 Å². The number of methoxy groups -OCH3 is 2. The van der Waals surface area contributed by atoms with Gasteiger partial charge in [-0.25, -0.2) is 0 Å². The minimum absolute atomic E-state index is 0.0154. The number of carbonyl (C=O) groups is 2. The Bertz CT molecular complexity index is 960. The number of fused-ring (bicyclic) bond motifs is 1. The second kappa shape index (κ2) is 8.26. The van der Waals surface area contributed by atoms with Crippen molar-refractivity contribution in [3.63, 3.8) is 0 Å². The smallest absolute Gasteiger partial charge is 0.268 e. The molecule has 30 heavy (non-hydrogen) atoms. The van der Waals surface area contributed by atoms with E-state index in [-0.39, 0.29) is 24.4 Å². The van der Waals surface area contributed by atoms with Crippen molar-refractivity contribution >= 4 is 17.5 Å². The Hall–Kier alpha value is -3.22. The van der Waals surface area contributed by atoms with Gasteiger partial charge in [-0.3, -0.25) is 14.5 Å². The van der Waals surface area contributed by atoms with E-state index < -0.39 is 6.10 Å². The fourth-order valence-electron chi connectivity index (χ4n) is 4.23. The average molecular weight is 410 g/mol. The topological polar surface area (TPSA) is 68.3 Å². The maximum absolute atomic E-state index is 13.3. The average Bonchev–Trinajstić information content (AvgIpc) is 3.26. The molecule has 2 heterocycles. The highest BCUT2D eigenvalue weighted by Gasteiger charge is 2.37. The lowest BCUT2D eigenvalue weighted by Gasteiger charge is -2.34. The zero-order valence-corrected chi connectivity index (χ0v) is 17.5. The second-order valence-corrected chi connectivity index (χ2v) is 7.51. The summed E-state index contributed by atoms with van der Waals surface area (Å²) in [5.74, 6) is 1.72. The lowest BCUT2D eigenvalue weighted by atomic mass is 10.0. The monoisotopic (exact) mass is 410 g/mol. The Morgan fingerprint density at radius 1 is 1.17 bits per heavy atom. The molecule has 158 valence electrons. The van der Waals surface area contributed by atoms with Crippen LogP contribution in [0.25, 0.3) is 0 Å². The molecule has 1 fully saturated rings. The van der Waals surface area contributed by atoms with Crippen LogP contribution in [0, 0.1) is 0 Å². The molecular weight excluding hydrogens is 384 g/mol. The number of para-hydroxylation sites is 2. The van der Waals surface area contributed by atoms with Crippen LogP contribution in [0.2, 0.25) is 0 Å². The Kier molecular flexibility index (Phi) is 5.53. The molecule has 1 saturated heterocycles. The van der Waals surface area contributed by atoms with Gasteiger partial charge in [-0.1, -0.05) is 12.1 Å². The van der Waals surface area contributed by atoms with Crippen molar-refractivity contribution in [2.75, 3.05) is 32.2 Å². The van der Waals surface area contributed by atoms with Crippen LogP contribution in [-0.2, 0) is 9.59 Å². The first kappa shape index (κ1) is 20.1. The van der Waals surface area contributed by atoms with Crippen LogP contribution in [0.15, 0.2) is 42.5 Å². The SMILES string of the molecule is COc1ccc([C@H]2CCCN2C(=O)CN2C(=O)[C@H](C)Oc3ccccc32)c(OC)c1. The number of carbonyl (C=O) groups excluding carboxylic acids is 2. The van der Waals surface area contributed by atoms with Gasteiger partial charge < -0.3 is 19.1 Å². The fraction of sp³-hybridized carbons (Fsp3) is 0.391. The van der Waals surface area contributed by atoms with Crippen LogP contribution in [0.3, 0.4) is 0 Å². The third-order valence-corrected chi connectivity index (χ3v) is 5.74. The van der Waals surface area contributed by atoms with Gasteiger partial charge >= 0.3 is 0 Å². The van der Waals surface area contributed by atoms with Crippen LogP contribution in [0.4, 0.5) is 5.69 Å². The van der Waals surface area contributed by atoms with E-state index in [0.29, 0.717) is 29.5 Å². The Labute approximate surface area is 176 Å². The predicted molar refractivity (Wildman–Crippen MR) is 112 cm³/mol. The molecule has 2 aliphatic rings. The minimum atomic E-state index is -0.622. The highest BCUT2D eigenvalue weighted by molar-refractivity contribution is 6.03. The molecule has 0 spiro atoms. The maximum atomic E-state index is 13.3. The number of rotatable bonds is 5. The number of hydrogen-bond acceptors (Lipinski definition) is 5. The summed E-state index contributed by atoms with van der Waals surface area (Å²) in [5.41, 5.74) is 1.58. The second-order valence-electron chi connectivity index (χ2n) is 7.51. The number of nitrogens with zero attached hydrogens (tertiary/aromatic N) is 2. The lowest BCUT2D eigenvalue weighted by Crippen LogP contribution is -2.49. The number of benzene rings is 2. The van der Waals surface area contributed by atoms with Gasteiger partial charge in [0.1, 0.15) is 23.8 Å². The number of ether oxygens (including phenoxy) is 3. The zero-order chi connectivity index (χ0) is 21.3. The molecule has 0 saturated carbocycles. The Morgan fingerprint density at radius 3 is 2.73 bits per heavy atom. The van der Waals surface area contributed by atoms with Gasteiger partial charge in [0.05, 0.1) is 25.9 Å². The summed E-state index contributed by atoms with van der Waals surface area (Å²) in [6.07, 6.45) is 1.12. The van der Waals surface area contributed by atoms with Crippen LogP contribution in [0.1, 0.15) is 31.4 Å². The third kappa shape index (κ3) is 3.56. The normalized spacial score (nSPS) is 20.6. The number of amides is 2. The standard InChI is InChI=1S/C23H26N2O5/c1-15-23(27)25(19-7-4-5-9-20(19)30-15)14-22(26)24-12-6-8-18(24)17-11-10-16(28-2)13-21(17)29-3/h4-5,7,9-11,13,15,18H,6,8,12,14H2,1-3H3/t15-,18+/m0/s1. The molecule has 2 amide bonds. The van der Waals surface area contributed by atoms with Crippen molar-refractivity contribution in [3.05, 3.63) is 48.0 Å². The summed E-state index contributed by atoms with van der Waals surface area (Å²) in [5, 5.41) is 0. The van der Waals surface area contributed by atoms with E-state index in [1.807, 2.05) is 41.3 Å². The first-order valence-electron chi connectivity index (χ1n) is 10.1. The van der Waals surface area contributed by atoms with E-state index in [1.54, 1.807) is 27.2 Å². The van der Waals surface area contributed by atoms with Gasteiger partial charge in [0, 0.05) is 18.2 Å². The molecule has 2 aromatic carbocycles. The number of hydrogen-bond donors (Lipinski definition) is 0. The Balaban J connectivity index is 1.59. The first-order chi connectivity index (χ1) is 14.5. The van der Waals surface area contributed by atoms with Gasteiger partial charge in [0.2, 0.25) is 5.91 Å². The largest absolute Gasteiger partial charge is 0.497 e. The van der Waals surface area contributed by atoms with Crippen molar-refractivity contribution in [1.82, 2.24) is 4.90 Å². The molecule has 7 heteroatoms. The van der Waals surface area contributed by atoms with Crippen molar-refractivity contribution in [2.24, 2.45) is 0 Å². The predicted octanol–water partition coefficient (Wildman–Crippen LogP) is 3.18. The lowest BCUT2D eigenvalue weighted by molar-refractivity contribution is -0.133. The third-order valence-electron chi connectivity index (χ3n) is 5.74. The summed E-state index contributed by atoms with van der Waals surface area (Å²) in [4.78, 5) is 29.4. The fourth-order valence-corrected chi connectivity index (χ4v) is 4.23. The first-order valence-corrected chi connectivity index (χ1v) is 10.1. The molecule has 2 aromatic rings. The molecular formula is C23H26N2O5. The molecule has 0 bridgehead atoms. The highest BCUT2D eigenvalue weighted by Crippen LogP contribution is 2.39. The summed E-state index contributed by atoms with van der Waals surface area (Å²) in [7, 11) is 3.22.